The molecule has 0 radical (unpaired) electrons. The van der Waals surface area contributed by atoms with Crippen molar-refractivity contribution < 1.29 is 9.59 Å². The summed E-state index contributed by atoms with van der Waals surface area (Å²) in [5, 5.41) is 31.4. The van der Waals surface area contributed by atoms with Crippen LogP contribution in [0.4, 0.5) is 0 Å². The van der Waals surface area contributed by atoms with Gasteiger partial charge < -0.3 is 0 Å². The van der Waals surface area contributed by atoms with Crippen molar-refractivity contribution in [3.63, 3.8) is 0 Å². The molecule has 4 heterocycles. The van der Waals surface area contributed by atoms with Gasteiger partial charge in [-0.05, 0) is 166 Å². The summed E-state index contributed by atoms with van der Waals surface area (Å²) in [4.78, 5) is 37.3. The number of nitrogens with zero attached hydrogens (tertiary/aromatic N) is 4. The summed E-state index contributed by atoms with van der Waals surface area (Å²) in [5.41, 5.74) is 19.4. The van der Waals surface area contributed by atoms with Gasteiger partial charge in [0.1, 0.15) is 17.7 Å². The number of fused-ring (bicyclic) bond motifs is 12. The zero-order valence-corrected chi connectivity index (χ0v) is 63.0. The molecule has 0 saturated carbocycles. The van der Waals surface area contributed by atoms with E-state index in [0.717, 1.165) is 118 Å². The van der Waals surface area contributed by atoms with Crippen molar-refractivity contribution in [2.75, 3.05) is 0 Å². The number of nitriles is 3. The summed E-state index contributed by atoms with van der Waals surface area (Å²) >= 11 is 7.08. The molecule has 514 valence electrons. The van der Waals surface area contributed by atoms with Crippen molar-refractivity contribution in [1.29, 1.82) is 15.8 Å². The molecular formula is C94H82N4O2S4. The second-order valence-corrected chi connectivity index (χ2v) is 32.8. The minimum atomic E-state index is -0.841. The zero-order chi connectivity index (χ0) is 71.6. The lowest BCUT2D eigenvalue weighted by atomic mass is 9.65. The van der Waals surface area contributed by atoms with Gasteiger partial charge in [-0.3, -0.25) is 9.59 Å². The Balaban J connectivity index is 1.04. The summed E-state index contributed by atoms with van der Waals surface area (Å²) < 4.78 is 4.54. The monoisotopic (exact) mass is 1430 g/mol. The number of hydrogen-bond acceptors (Lipinski definition) is 9. The molecule has 0 saturated heterocycles. The van der Waals surface area contributed by atoms with Crippen molar-refractivity contribution >= 4 is 99.0 Å². The molecule has 11 aromatic rings. The van der Waals surface area contributed by atoms with E-state index in [2.05, 4.69) is 172 Å². The number of unbranched alkanes of at least 4 members (excludes halogenated alkanes) is 12. The van der Waals surface area contributed by atoms with Crippen LogP contribution in [-0.4, -0.2) is 11.6 Å². The maximum atomic E-state index is 14.7. The quantitative estimate of drug-likeness (QED) is 0.0232. The highest BCUT2D eigenvalue weighted by Crippen LogP contribution is 2.68. The maximum Gasteiger partial charge on any atom is 0.270 e. The highest BCUT2D eigenvalue weighted by Gasteiger charge is 2.55. The first-order chi connectivity index (χ1) is 51.1. The number of allylic oxidation sites excluding steroid dienone is 6. The van der Waals surface area contributed by atoms with Gasteiger partial charge in [-0.25, -0.2) is 10.1 Å². The highest BCUT2D eigenvalue weighted by atomic mass is 32.1. The third-order valence-electron chi connectivity index (χ3n) is 22.1. The van der Waals surface area contributed by atoms with Gasteiger partial charge in [-0.15, -0.1) is 45.3 Å². The molecule has 6 nitrogen and oxygen atoms in total. The average Bonchev–Trinajstić information content (AvgIpc) is 1.49. The molecule has 0 bridgehead atoms. The molecule has 4 aliphatic rings. The zero-order valence-electron chi connectivity index (χ0n) is 59.7. The molecule has 0 fully saturated rings. The number of thiophene rings is 4. The van der Waals surface area contributed by atoms with Crippen LogP contribution in [0.1, 0.15) is 239 Å². The van der Waals surface area contributed by atoms with Crippen LogP contribution in [0.25, 0.3) is 67.8 Å². The smallest absolute Gasteiger partial charge is 0.270 e. The normalized spacial score (nSPS) is 15.4. The van der Waals surface area contributed by atoms with E-state index in [9.17, 15) is 25.4 Å². The van der Waals surface area contributed by atoms with E-state index in [1.165, 1.54) is 126 Å². The number of hydrogen-bond donors (Lipinski definition) is 0. The maximum absolute atomic E-state index is 14.7. The SMILES string of the molecule is [C-]#[N+]/C(C#N)=C1/C(=C/c2cc3sc4c(c3s2)C(c2cccc(CCCCCC)c2)(c2cccc(CCCCCC)c2)c2cc3c(cc2-4)C(c2cccc(CCCCCC)c2)(c2cccc(CCCCCC)c2)c2c-3sc3cc(/C=C4\C(=O)c5ccccc5C4=C(C#N)C#N)sc23)C(=O)c2ccccc21. The Kier molecular flexibility index (Phi) is 20.2. The summed E-state index contributed by atoms with van der Waals surface area (Å²) in [6, 6.07) is 69.1. The summed E-state index contributed by atoms with van der Waals surface area (Å²) in [6.45, 7) is 17.3. The number of rotatable bonds is 26. The molecule has 15 rings (SSSR count). The number of carbonyl (C=O) groups is 2. The fourth-order valence-corrected chi connectivity index (χ4v) is 22.7. The average molecular weight is 1430 g/mol. The Morgan fingerprint density at radius 3 is 1.11 bits per heavy atom. The van der Waals surface area contributed by atoms with E-state index in [4.69, 9.17) is 6.57 Å². The van der Waals surface area contributed by atoms with Gasteiger partial charge in [0.25, 0.3) is 5.70 Å². The summed E-state index contributed by atoms with van der Waals surface area (Å²) in [7, 11) is 0. The van der Waals surface area contributed by atoms with E-state index in [1.54, 1.807) is 34.8 Å². The lowest BCUT2D eigenvalue weighted by molar-refractivity contribution is 0.103. The Hall–Kier alpha value is -9.88. The van der Waals surface area contributed by atoms with Crippen LogP contribution in [0.2, 0.25) is 0 Å². The highest BCUT2D eigenvalue weighted by molar-refractivity contribution is 7.31. The molecule has 104 heavy (non-hydrogen) atoms. The van der Waals surface area contributed by atoms with Crippen molar-refractivity contribution in [2.24, 2.45) is 0 Å². The fourth-order valence-electron chi connectivity index (χ4n) is 17.2. The first-order valence-corrected chi connectivity index (χ1v) is 40.8. The molecule has 0 atom stereocenters. The second-order valence-electron chi connectivity index (χ2n) is 28.6. The molecule has 0 N–H and O–H groups in total. The molecule has 7 aromatic carbocycles. The predicted molar refractivity (Wildman–Crippen MR) is 434 cm³/mol. The Labute approximate surface area is 628 Å². The molecule has 0 unspecified atom stereocenters. The van der Waals surface area contributed by atoms with Gasteiger partial charge >= 0.3 is 0 Å². The molecule has 0 spiro atoms. The van der Waals surface area contributed by atoms with Gasteiger partial charge in [0.05, 0.1) is 32.9 Å². The van der Waals surface area contributed by atoms with Crippen LogP contribution in [0.15, 0.2) is 192 Å². The number of carbonyl (C=O) groups excluding carboxylic acids is 2. The van der Waals surface area contributed by atoms with Crippen molar-refractivity contribution in [3.05, 3.63) is 302 Å². The van der Waals surface area contributed by atoms with Crippen LogP contribution < -0.4 is 0 Å². The number of benzene rings is 7. The van der Waals surface area contributed by atoms with Gasteiger partial charge in [0.2, 0.25) is 0 Å². The first-order valence-electron chi connectivity index (χ1n) is 37.6. The standard InChI is InChI=1S/C94H82N4O2S4/c1-6-10-14-18-30-59-34-26-38-64(46-59)93(65-39-27-35-60(47-65)31-19-15-11-7-2)78-55-75-79(54-74(78)89-85(93)91-81(103-89)52-68(101-91)50-76-83(63(56-95)57-96)70-42-22-24-44-72(70)87(76)99)94(66-40-28-36-61(48-66)32-20-16-12-8-3,67-41-29-37-62(49-67)33-21-17-13-9-4)86-90(75)104-82-53-69(102-92(82)86)51-77-84(80(58-97)98-5)71-43-23-25-45-73(71)88(77)100/h22-29,34-55H,6-21,30-33H2,1-4H3/b76-50-,77-51-,84-80+. The number of aryl methyl sites for hydroxylation is 4. The van der Waals surface area contributed by atoms with Crippen LogP contribution in [0.3, 0.4) is 0 Å². The van der Waals surface area contributed by atoms with Crippen molar-refractivity contribution in [1.82, 2.24) is 0 Å². The largest absolute Gasteiger partial charge is 0.289 e. The number of ketones is 2. The Morgan fingerprint density at radius 2 is 0.760 bits per heavy atom. The molecular weight excluding hydrogens is 1350 g/mol. The van der Waals surface area contributed by atoms with E-state index in [0.29, 0.717) is 44.5 Å². The van der Waals surface area contributed by atoms with Crippen LogP contribution in [-0.2, 0) is 36.5 Å². The van der Waals surface area contributed by atoms with Crippen molar-refractivity contribution in [2.45, 2.75) is 167 Å². The van der Waals surface area contributed by atoms with Gasteiger partial charge in [0, 0.05) is 73.5 Å². The molecule has 10 heteroatoms. The summed E-state index contributed by atoms with van der Waals surface area (Å²) in [6.07, 6.45) is 26.2. The van der Waals surface area contributed by atoms with Gasteiger partial charge in [-0.1, -0.05) is 250 Å². The lowest BCUT2D eigenvalue weighted by Crippen LogP contribution is -2.30. The first kappa shape index (κ1) is 69.8. The molecule has 4 aliphatic carbocycles. The Bertz CT molecular complexity index is 5100. The van der Waals surface area contributed by atoms with E-state index >= 15 is 0 Å². The summed E-state index contributed by atoms with van der Waals surface area (Å²) in [5.74, 6) is -0.375. The number of Topliss-reactive ketones (excluding diaryl/α,β-unsaturated/α-hetero) is 2. The third-order valence-corrected chi connectivity index (χ3v) is 26.9. The van der Waals surface area contributed by atoms with Crippen LogP contribution in [0, 0.1) is 40.6 Å². The minimum Gasteiger partial charge on any atom is -0.289 e. The van der Waals surface area contributed by atoms with Crippen molar-refractivity contribution in [3.8, 4) is 39.1 Å². The molecule has 4 aromatic heterocycles. The second kappa shape index (κ2) is 30.1. The lowest BCUT2D eigenvalue weighted by Gasteiger charge is -2.36. The fraction of sp³-hybridized carbons (Fsp3) is 0.277. The van der Waals surface area contributed by atoms with Crippen LogP contribution >= 0.6 is 45.3 Å². The topological polar surface area (TPSA) is 110 Å². The Morgan fingerprint density at radius 1 is 0.404 bits per heavy atom. The van der Waals surface area contributed by atoms with E-state index < -0.39 is 10.8 Å². The van der Waals surface area contributed by atoms with Crippen LogP contribution in [0.5, 0.6) is 0 Å². The van der Waals surface area contributed by atoms with E-state index in [-0.39, 0.29) is 22.8 Å². The van der Waals surface area contributed by atoms with E-state index in [1.807, 2.05) is 71.2 Å². The predicted octanol–water partition coefficient (Wildman–Crippen LogP) is 26.0. The third kappa shape index (κ3) is 12.0. The minimum absolute atomic E-state index is 0.0774. The molecule has 0 aliphatic heterocycles. The van der Waals surface area contributed by atoms with Gasteiger partial charge in [-0.2, -0.15) is 10.5 Å². The molecule has 0 amide bonds. The van der Waals surface area contributed by atoms with Gasteiger partial charge in [0.15, 0.2) is 11.6 Å².